The van der Waals surface area contributed by atoms with Crippen LogP contribution in [0.25, 0.3) is 83.3 Å². The van der Waals surface area contributed by atoms with Crippen molar-refractivity contribution >= 4 is 32.6 Å². The van der Waals surface area contributed by atoms with Gasteiger partial charge in [-0.15, -0.1) is 0 Å². The molecule has 0 fully saturated rings. The van der Waals surface area contributed by atoms with E-state index in [1.165, 1.54) is 43.8 Å². The molecule has 0 saturated heterocycles. The average molecular weight is 522 g/mol. The van der Waals surface area contributed by atoms with Crippen LogP contribution in [0.15, 0.2) is 140 Å². The van der Waals surface area contributed by atoms with Gasteiger partial charge in [0.05, 0.1) is 22.4 Å². The molecule has 0 unspecified atom stereocenters. The molecule has 9 rings (SSSR count). The SMILES string of the molecule is c1ccc(-c2cc(-c3ccccc3)nc(-n3c4ccccc4c4cc5c6c(cccc6c43)-c3ccccc3-5)n2)cc1. The fourth-order valence-electron chi connectivity index (χ4n) is 6.58. The van der Waals surface area contributed by atoms with E-state index in [0.29, 0.717) is 5.95 Å². The number of aromatic nitrogens is 3. The van der Waals surface area contributed by atoms with Gasteiger partial charge in [-0.05, 0) is 45.8 Å². The van der Waals surface area contributed by atoms with E-state index in [2.05, 4.69) is 132 Å². The van der Waals surface area contributed by atoms with Crippen LogP contribution in [0.1, 0.15) is 0 Å². The summed E-state index contributed by atoms with van der Waals surface area (Å²) < 4.78 is 2.27. The number of benzene rings is 6. The second kappa shape index (κ2) is 8.48. The average Bonchev–Trinajstić information content (AvgIpc) is 3.56. The Morgan fingerprint density at radius 3 is 1.68 bits per heavy atom. The molecule has 0 bridgehead atoms. The molecule has 0 N–H and O–H groups in total. The molecule has 2 aromatic heterocycles. The van der Waals surface area contributed by atoms with E-state index in [1.807, 2.05) is 12.1 Å². The van der Waals surface area contributed by atoms with Gasteiger partial charge in [0.2, 0.25) is 5.95 Å². The molecular formula is C38H23N3. The molecule has 41 heavy (non-hydrogen) atoms. The first-order valence-electron chi connectivity index (χ1n) is 13.9. The van der Waals surface area contributed by atoms with E-state index in [9.17, 15) is 0 Å². The molecular weight excluding hydrogens is 498 g/mol. The third-order valence-electron chi connectivity index (χ3n) is 8.35. The van der Waals surface area contributed by atoms with Crippen LogP contribution >= 0.6 is 0 Å². The monoisotopic (exact) mass is 521 g/mol. The molecule has 0 atom stereocenters. The van der Waals surface area contributed by atoms with Gasteiger partial charge in [-0.1, -0.05) is 121 Å². The van der Waals surface area contributed by atoms with E-state index >= 15 is 0 Å². The highest BCUT2D eigenvalue weighted by molar-refractivity contribution is 6.27. The standard InChI is InChI=1S/C38H23N3/c1-3-12-24(13-4-1)33-23-34(25-14-5-2-6-15-25)40-38(39-33)41-35-21-10-9-18-28(35)32-22-31-27-17-8-7-16-26(27)29-19-11-20-30(36(29)31)37(32)41/h1-23H. The Morgan fingerprint density at radius 2 is 0.976 bits per heavy atom. The topological polar surface area (TPSA) is 30.7 Å². The predicted octanol–water partition coefficient (Wildman–Crippen LogP) is 9.71. The van der Waals surface area contributed by atoms with E-state index in [0.717, 1.165) is 33.5 Å². The maximum absolute atomic E-state index is 5.23. The Kier molecular flexibility index (Phi) is 4.61. The zero-order chi connectivity index (χ0) is 26.9. The quantitative estimate of drug-likeness (QED) is 0.232. The second-order valence-electron chi connectivity index (χ2n) is 10.6. The molecule has 0 radical (unpaired) electrons. The minimum atomic E-state index is 0.674. The lowest BCUT2D eigenvalue weighted by Crippen LogP contribution is -2.04. The van der Waals surface area contributed by atoms with Crippen LogP contribution in [0, 0.1) is 0 Å². The molecule has 0 spiro atoms. The molecule has 8 aromatic rings. The minimum Gasteiger partial charge on any atom is -0.277 e. The van der Waals surface area contributed by atoms with Crippen molar-refractivity contribution in [1.29, 1.82) is 0 Å². The van der Waals surface area contributed by atoms with Crippen molar-refractivity contribution in [2.75, 3.05) is 0 Å². The Hall–Kier alpha value is -5.54. The lowest BCUT2D eigenvalue weighted by atomic mass is 9.99. The van der Waals surface area contributed by atoms with Crippen molar-refractivity contribution in [3.05, 3.63) is 140 Å². The third kappa shape index (κ3) is 3.20. The van der Waals surface area contributed by atoms with Gasteiger partial charge in [0, 0.05) is 27.3 Å². The van der Waals surface area contributed by atoms with Gasteiger partial charge in [0.1, 0.15) is 0 Å². The fourth-order valence-corrected chi connectivity index (χ4v) is 6.58. The van der Waals surface area contributed by atoms with Crippen molar-refractivity contribution in [3.8, 4) is 50.7 Å². The summed E-state index contributed by atoms with van der Waals surface area (Å²) in [4.78, 5) is 10.5. The first kappa shape index (κ1) is 22.3. The molecule has 2 heterocycles. The van der Waals surface area contributed by atoms with Gasteiger partial charge >= 0.3 is 0 Å². The summed E-state index contributed by atoms with van der Waals surface area (Å²) in [5, 5.41) is 4.93. The van der Waals surface area contributed by atoms with Crippen LogP contribution in [0.2, 0.25) is 0 Å². The number of hydrogen-bond donors (Lipinski definition) is 0. The van der Waals surface area contributed by atoms with E-state index < -0.39 is 0 Å². The lowest BCUT2D eigenvalue weighted by molar-refractivity contribution is 0.998. The van der Waals surface area contributed by atoms with Crippen LogP contribution < -0.4 is 0 Å². The van der Waals surface area contributed by atoms with Gasteiger partial charge in [-0.25, -0.2) is 9.97 Å². The Bertz CT molecular complexity index is 2240. The third-order valence-corrected chi connectivity index (χ3v) is 8.35. The molecule has 1 aliphatic rings. The van der Waals surface area contributed by atoms with Crippen LogP contribution in [0.3, 0.4) is 0 Å². The summed E-state index contributed by atoms with van der Waals surface area (Å²) in [6.45, 7) is 0. The van der Waals surface area contributed by atoms with Crippen molar-refractivity contribution in [2.45, 2.75) is 0 Å². The van der Waals surface area contributed by atoms with E-state index in [1.54, 1.807) is 0 Å². The van der Waals surface area contributed by atoms with Crippen LogP contribution in [-0.4, -0.2) is 14.5 Å². The van der Waals surface area contributed by atoms with E-state index in [4.69, 9.17) is 9.97 Å². The summed E-state index contributed by atoms with van der Waals surface area (Å²) in [5.41, 5.74) is 11.4. The summed E-state index contributed by atoms with van der Waals surface area (Å²) in [6.07, 6.45) is 0. The summed E-state index contributed by atoms with van der Waals surface area (Å²) in [6, 6.07) is 49.3. The summed E-state index contributed by atoms with van der Waals surface area (Å²) in [5.74, 6) is 0.674. The van der Waals surface area contributed by atoms with Gasteiger partial charge < -0.3 is 0 Å². The van der Waals surface area contributed by atoms with Crippen molar-refractivity contribution in [3.63, 3.8) is 0 Å². The second-order valence-corrected chi connectivity index (χ2v) is 10.6. The van der Waals surface area contributed by atoms with Gasteiger partial charge in [0.15, 0.2) is 0 Å². The predicted molar refractivity (Wildman–Crippen MR) is 169 cm³/mol. The fraction of sp³-hybridized carbons (Fsp3) is 0. The highest BCUT2D eigenvalue weighted by Gasteiger charge is 2.26. The number of nitrogens with zero attached hydrogens (tertiary/aromatic N) is 3. The minimum absolute atomic E-state index is 0.674. The molecule has 0 aliphatic heterocycles. The number of hydrogen-bond acceptors (Lipinski definition) is 2. The highest BCUT2D eigenvalue weighted by atomic mass is 15.2. The van der Waals surface area contributed by atoms with Crippen LogP contribution in [-0.2, 0) is 0 Å². The first-order chi connectivity index (χ1) is 20.3. The first-order valence-corrected chi connectivity index (χ1v) is 13.9. The molecule has 190 valence electrons. The maximum Gasteiger partial charge on any atom is 0.235 e. The molecule has 0 saturated carbocycles. The Balaban J connectivity index is 1.44. The molecule has 0 amide bonds. The zero-order valence-electron chi connectivity index (χ0n) is 22.1. The van der Waals surface area contributed by atoms with E-state index in [-0.39, 0.29) is 0 Å². The molecule has 1 aliphatic carbocycles. The van der Waals surface area contributed by atoms with Crippen molar-refractivity contribution < 1.29 is 0 Å². The highest BCUT2D eigenvalue weighted by Crippen LogP contribution is 2.50. The van der Waals surface area contributed by atoms with Crippen molar-refractivity contribution in [2.24, 2.45) is 0 Å². The molecule has 6 aromatic carbocycles. The maximum atomic E-state index is 5.23. The number of para-hydroxylation sites is 1. The van der Waals surface area contributed by atoms with Gasteiger partial charge in [0.25, 0.3) is 0 Å². The van der Waals surface area contributed by atoms with Gasteiger partial charge in [-0.3, -0.25) is 4.57 Å². The van der Waals surface area contributed by atoms with Crippen molar-refractivity contribution in [1.82, 2.24) is 14.5 Å². The Morgan fingerprint density at radius 1 is 0.415 bits per heavy atom. The normalized spacial score (nSPS) is 11.9. The largest absolute Gasteiger partial charge is 0.277 e. The summed E-state index contributed by atoms with van der Waals surface area (Å²) >= 11 is 0. The van der Waals surface area contributed by atoms with Crippen LogP contribution in [0.4, 0.5) is 0 Å². The zero-order valence-corrected chi connectivity index (χ0v) is 22.1. The smallest absolute Gasteiger partial charge is 0.235 e. The van der Waals surface area contributed by atoms with Crippen LogP contribution in [0.5, 0.6) is 0 Å². The lowest BCUT2D eigenvalue weighted by Gasteiger charge is -2.13. The Labute approximate surface area is 237 Å². The van der Waals surface area contributed by atoms with Gasteiger partial charge in [-0.2, -0.15) is 0 Å². The molecule has 3 heteroatoms. The number of fused-ring (bicyclic) bond motifs is 7. The number of rotatable bonds is 3. The summed E-state index contributed by atoms with van der Waals surface area (Å²) in [7, 11) is 0. The molecule has 3 nitrogen and oxygen atoms in total.